The Morgan fingerprint density at radius 3 is 2.83 bits per heavy atom. The van der Waals surface area contributed by atoms with Crippen molar-refractivity contribution in [3.63, 3.8) is 0 Å². The van der Waals surface area contributed by atoms with Gasteiger partial charge < -0.3 is 14.5 Å². The first-order chi connectivity index (χ1) is 11.1. The van der Waals surface area contributed by atoms with Crippen LogP contribution in [-0.4, -0.2) is 18.5 Å². The second kappa shape index (κ2) is 6.26. The number of amides is 1. The zero-order chi connectivity index (χ0) is 16.4. The van der Waals surface area contributed by atoms with Crippen molar-refractivity contribution < 1.29 is 18.7 Å². The van der Waals surface area contributed by atoms with Crippen molar-refractivity contribution in [2.24, 2.45) is 0 Å². The molecule has 0 spiro atoms. The smallest absolute Gasteiger partial charge is 0.374 e. The first kappa shape index (κ1) is 15.3. The van der Waals surface area contributed by atoms with E-state index in [0.29, 0.717) is 21.7 Å². The molecule has 118 valence electrons. The molecule has 0 saturated carbocycles. The average molecular weight is 329 g/mol. The van der Waals surface area contributed by atoms with E-state index in [9.17, 15) is 9.59 Å². The Kier molecular flexibility index (Phi) is 4.16. The first-order valence-corrected chi connectivity index (χ1v) is 8.03. The number of aryl methyl sites for hydroxylation is 1. The molecule has 0 fully saturated rings. The highest BCUT2D eigenvalue weighted by Crippen LogP contribution is 2.28. The summed E-state index contributed by atoms with van der Waals surface area (Å²) in [6, 6.07) is 8.86. The number of furan rings is 1. The summed E-state index contributed by atoms with van der Waals surface area (Å²) >= 11 is 1.38. The van der Waals surface area contributed by atoms with Crippen molar-refractivity contribution in [3.8, 4) is 0 Å². The van der Waals surface area contributed by atoms with E-state index in [1.807, 2.05) is 11.4 Å². The van der Waals surface area contributed by atoms with Crippen LogP contribution in [-0.2, 0) is 4.74 Å². The molecule has 0 aliphatic carbocycles. The predicted molar refractivity (Wildman–Crippen MR) is 89.2 cm³/mol. The molecule has 0 unspecified atom stereocenters. The minimum absolute atomic E-state index is 0.161. The lowest BCUT2D eigenvalue weighted by Gasteiger charge is -2.03. The summed E-state index contributed by atoms with van der Waals surface area (Å²) in [5.41, 5.74) is 1.93. The highest BCUT2D eigenvalue weighted by atomic mass is 32.1. The van der Waals surface area contributed by atoms with Crippen molar-refractivity contribution in [3.05, 3.63) is 51.9 Å². The van der Waals surface area contributed by atoms with E-state index in [0.717, 1.165) is 5.39 Å². The number of nitrogens with one attached hydrogen (secondary N) is 1. The lowest BCUT2D eigenvalue weighted by atomic mass is 10.1. The molecule has 5 nitrogen and oxygen atoms in total. The molecule has 0 bridgehead atoms. The summed E-state index contributed by atoms with van der Waals surface area (Å²) in [6.45, 7) is 3.83. The molecule has 0 aliphatic heterocycles. The maximum Gasteiger partial charge on any atom is 0.374 e. The van der Waals surface area contributed by atoms with Gasteiger partial charge in [-0.1, -0.05) is 6.07 Å². The largest absolute Gasteiger partial charge is 0.460 e. The summed E-state index contributed by atoms with van der Waals surface area (Å²) in [5, 5.41) is 5.47. The van der Waals surface area contributed by atoms with Gasteiger partial charge in [-0.15, -0.1) is 11.3 Å². The SMILES string of the molecule is CCOC(=O)c1oc2ccc(NC(=O)c3cccs3)cc2c1C. The van der Waals surface area contributed by atoms with E-state index >= 15 is 0 Å². The number of hydrogen-bond donors (Lipinski definition) is 1. The topological polar surface area (TPSA) is 68.5 Å². The molecular formula is C17H15NO4S. The Bertz CT molecular complexity index is 864. The summed E-state index contributed by atoms with van der Waals surface area (Å²) in [4.78, 5) is 24.6. The highest BCUT2D eigenvalue weighted by molar-refractivity contribution is 7.12. The van der Waals surface area contributed by atoms with Crippen LogP contribution in [0.25, 0.3) is 11.0 Å². The molecule has 0 saturated heterocycles. The molecule has 6 heteroatoms. The van der Waals surface area contributed by atoms with Crippen molar-refractivity contribution in [1.82, 2.24) is 0 Å². The van der Waals surface area contributed by atoms with Crippen LogP contribution < -0.4 is 5.32 Å². The molecule has 0 radical (unpaired) electrons. The number of benzene rings is 1. The normalized spacial score (nSPS) is 10.7. The van der Waals surface area contributed by atoms with Gasteiger partial charge in [-0.3, -0.25) is 4.79 Å². The fourth-order valence-corrected chi connectivity index (χ4v) is 2.91. The van der Waals surface area contributed by atoms with E-state index in [2.05, 4.69) is 5.32 Å². The molecule has 2 aromatic heterocycles. The van der Waals surface area contributed by atoms with Crippen molar-refractivity contribution in [2.75, 3.05) is 11.9 Å². The number of ether oxygens (including phenoxy) is 1. The monoisotopic (exact) mass is 329 g/mol. The summed E-state index contributed by atoms with van der Waals surface area (Å²) in [5.74, 6) is -0.444. The lowest BCUT2D eigenvalue weighted by Crippen LogP contribution is -2.09. The minimum Gasteiger partial charge on any atom is -0.460 e. The Hall–Kier alpha value is -2.60. The number of esters is 1. The predicted octanol–water partition coefficient (Wildman–Crippen LogP) is 4.23. The van der Waals surface area contributed by atoms with Crippen LogP contribution in [0, 0.1) is 6.92 Å². The van der Waals surface area contributed by atoms with Gasteiger partial charge in [0, 0.05) is 16.6 Å². The molecule has 2 heterocycles. The van der Waals surface area contributed by atoms with Gasteiger partial charge in [-0.2, -0.15) is 0 Å². The molecule has 0 atom stereocenters. The Labute approximate surface area is 136 Å². The molecule has 1 aromatic carbocycles. The third-order valence-corrected chi connectivity index (χ3v) is 4.27. The van der Waals surface area contributed by atoms with Crippen molar-refractivity contribution in [1.29, 1.82) is 0 Å². The zero-order valence-corrected chi connectivity index (χ0v) is 13.5. The van der Waals surface area contributed by atoms with Crippen molar-refractivity contribution >= 4 is 39.9 Å². The van der Waals surface area contributed by atoms with E-state index in [4.69, 9.17) is 9.15 Å². The second-order valence-corrected chi connectivity index (χ2v) is 5.87. The summed E-state index contributed by atoms with van der Waals surface area (Å²) in [7, 11) is 0. The van der Waals surface area contributed by atoms with E-state index in [1.165, 1.54) is 11.3 Å². The van der Waals surface area contributed by atoms with E-state index < -0.39 is 5.97 Å². The third-order valence-electron chi connectivity index (χ3n) is 3.40. The van der Waals surface area contributed by atoms with Gasteiger partial charge in [-0.05, 0) is 43.5 Å². The number of fused-ring (bicyclic) bond motifs is 1. The molecule has 3 aromatic rings. The van der Waals surface area contributed by atoms with E-state index in [-0.39, 0.29) is 18.3 Å². The molecule has 0 aliphatic rings. The Morgan fingerprint density at radius 2 is 2.13 bits per heavy atom. The van der Waals surface area contributed by atoms with Gasteiger partial charge in [-0.25, -0.2) is 4.79 Å². The van der Waals surface area contributed by atoms with Crippen LogP contribution in [0.1, 0.15) is 32.7 Å². The molecule has 1 N–H and O–H groups in total. The second-order valence-electron chi connectivity index (χ2n) is 4.92. The fraction of sp³-hybridized carbons (Fsp3) is 0.176. The number of hydrogen-bond acceptors (Lipinski definition) is 5. The Balaban J connectivity index is 1.91. The van der Waals surface area contributed by atoms with Crippen LogP contribution in [0.15, 0.2) is 40.1 Å². The first-order valence-electron chi connectivity index (χ1n) is 7.15. The number of carbonyl (C=O) groups excluding carboxylic acids is 2. The van der Waals surface area contributed by atoms with Gasteiger partial charge in [0.1, 0.15) is 5.58 Å². The molecule has 3 rings (SSSR count). The van der Waals surface area contributed by atoms with Crippen LogP contribution in [0.5, 0.6) is 0 Å². The lowest BCUT2D eigenvalue weighted by molar-refractivity contribution is 0.0491. The highest BCUT2D eigenvalue weighted by Gasteiger charge is 2.19. The number of anilines is 1. The van der Waals surface area contributed by atoms with Gasteiger partial charge in [0.25, 0.3) is 5.91 Å². The maximum absolute atomic E-state index is 12.1. The Morgan fingerprint density at radius 1 is 1.30 bits per heavy atom. The summed E-state index contributed by atoms with van der Waals surface area (Å²) in [6.07, 6.45) is 0. The van der Waals surface area contributed by atoms with Gasteiger partial charge in [0.2, 0.25) is 5.76 Å². The van der Waals surface area contributed by atoms with Gasteiger partial charge >= 0.3 is 5.97 Å². The zero-order valence-electron chi connectivity index (χ0n) is 12.7. The van der Waals surface area contributed by atoms with Crippen LogP contribution in [0.3, 0.4) is 0 Å². The van der Waals surface area contributed by atoms with E-state index in [1.54, 1.807) is 38.1 Å². The quantitative estimate of drug-likeness (QED) is 0.727. The molecular weight excluding hydrogens is 314 g/mol. The number of rotatable bonds is 4. The number of carbonyl (C=O) groups is 2. The maximum atomic E-state index is 12.1. The summed E-state index contributed by atoms with van der Waals surface area (Å²) < 4.78 is 10.5. The standard InChI is InChI=1S/C17H15NO4S/c1-3-21-17(20)15-10(2)12-9-11(6-7-13(12)22-15)18-16(19)14-5-4-8-23-14/h4-9H,3H2,1-2H3,(H,18,19). The molecule has 1 amide bonds. The van der Waals surface area contributed by atoms with Crippen LogP contribution in [0.4, 0.5) is 5.69 Å². The number of thiophene rings is 1. The van der Waals surface area contributed by atoms with Crippen LogP contribution in [0.2, 0.25) is 0 Å². The van der Waals surface area contributed by atoms with Gasteiger partial charge in [0.05, 0.1) is 11.5 Å². The van der Waals surface area contributed by atoms with Crippen molar-refractivity contribution in [2.45, 2.75) is 13.8 Å². The van der Waals surface area contributed by atoms with Gasteiger partial charge in [0.15, 0.2) is 0 Å². The molecule has 23 heavy (non-hydrogen) atoms. The third kappa shape index (κ3) is 2.98. The average Bonchev–Trinajstić information content (AvgIpc) is 3.16. The minimum atomic E-state index is -0.481. The van der Waals surface area contributed by atoms with Crippen LogP contribution >= 0.6 is 11.3 Å². The fourth-order valence-electron chi connectivity index (χ4n) is 2.29.